The molecule has 2 aromatic heterocycles. The highest BCUT2D eigenvalue weighted by atomic mass is 35.5. The molecule has 3 aromatic rings. The summed E-state index contributed by atoms with van der Waals surface area (Å²) in [5, 5.41) is 12.1. The Labute approximate surface area is 165 Å². The molecule has 26 heavy (non-hydrogen) atoms. The number of carbonyl (C=O) groups is 1. The molecule has 0 unspecified atom stereocenters. The number of nitrogens with one attached hydrogen (secondary N) is 1. The lowest BCUT2D eigenvalue weighted by Gasteiger charge is -2.17. The van der Waals surface area contributed by atoms with Crippen LogP contribution in [0, 0.1) is 0 Å². The molecule has 0 fully saturated rings. The van der Waals surface area contributed by atoms with Crippen molar-refractivity contribution in [3.05, 3.63) is 74.3 Å². The molecule has 1 aromatic carbocycles. The van der Waals surface area contributed by atoms with Gasteiger partial charge in [0.05, 0.1) is 10.9 Å². The van der Waals surface area contributed by atoms with Crippen molar-refractivity contribution in [2.24, 2.45) is 0 Å². The van der Waals surface area contributed by atoms with E-state index in [1.54, 1.807) is 11.3 Å². The Morgan fingerprint density at radius 3 is 2.65 bits per heavy atom. The van der Waals surface area contributed by atoms with Crippen molar-refractivity contribution < 1.29 is 4.79 Å². The molecule has 8 heteroatoms. The van der Waals surface area contributed by atoms with Crippen molar-refractivity contribution in [3.63, 3.8) is 0 Å². The summed E-state index contributed by atoms with van der Waals surface area (Å²) in [6.07, 6.45) is 1.85. The van der Waals surface area contributed by atoms with Crippen LogP contribution in [-0.2, 0) is 13.1 Å². The highest BCUT2D eigenvalue weighted by Crippen LogP contribution is 2.24. The molecule has 0 atom stereocenters. The summed E-state index contributed by atoms with van der Waals surface area (Å²) < 4.78 is 0.773. The second kappa shape index (κ2) is 9.05. The normalized spacial score (nSPS) is 10.8. The van der Waals surface area contributed by atoms with Gasteiger partial charge in [0.2, 0.25) is 5.01 Å². The molecule has 134 valence electrons. The van der Waals surface area contributed by atoms with Gasteiger partial charge in [-0.3, -0.25) is 9.69 Å². The minimum absolute atomic E-state index is 0.250. The molecular weight excluding hydrogens is 388 g/mol. The number of amides is 1. The lowest BCUT2D eigenvalue weighted by Crippen LogP contribution is -2.22. The molecule has 0 saturated heterocycles. The molecule has 2 heterocycles. The molecule has 1 amide bonds. The first-order chi connectivity index (χ1) is 12.6. The number of aromatic nitrogens is 2. The van der Waals surface area contributed by atoms with Gasteiger partial charge < -0.3 is 5.32 Å². The van der Waals surface area contributed by atoms with E-state index >= 15 is 0 Å². The lowest BCUT2D eigenvalue weighted by atomic mass is 10.3. The van der Waals surface area contributed by atoms with Crippen LogP contribution in [0.1, 0.15) is 19.7 Å². The summed E-state index contributed by atoms with van der Waals surface area (Å²) in [6.45, 7) is 5.86. The molecule has 1 N–H and O–H groups in total. The van der Waals surface area contributed by atoms with E-state index in [1.807, 2.05) is 48.5 Å². The fourth-order valence-corrected chi connectivity index (χ4v) is 4.24. The van der Waals surface area contributed by atoms with Crippen LogP contribution in [0.25, 0.3) is 0 Å². The van der Waals surface area contributed by atoms with Crippen LogP contribution in [0.2, 0.25) is 4.34 Å². The quantitative estimate of drug-likeness (QED) is 0.553. The molecule has 3 rings (SSSR count). The van der Waals surface area contributed by atoms with Gasteiger partial charge in [0.15, 0.2) is 0 Å². The summed E-state index contributed by atoms with van der Waals surface area (Å²) in [5.41, 5.74) is 0.733. The van der Waals surface area contributed by atoms with Crippen molar-refractivity contribution in [1.29, 1.82) is 0 Å². The number of hydrogen-bond donors (Lipinski definition) is 1. The number of para-hydroxylation sites is 1. The Hall–Kier alpha value is -2.06. The molecule has 0 spiro atoms. The third-order valence-corrected chi connectivity index (χ3v) is 5.57. The monoisotopic (exact) mass is 404 g/mol. The first kappa shape index (κ1) is 18.7. The molecule has 0 saturated carbocycles. The fourth-order valence-electron chi connectivity index (χ4n) is 2.33. The van der Waals surface area contributed by atoms with Gasteiger partial charge in [-0.2, -0.15) is 0 Å². The van der Waals surface area contributed by atoms with Gasteiger partial charge in [0.25, 0.3) is 5.91 Å². The zero-order valence-electron chi connectivity index (χ0n) is 13.9. The van der Waals surface area contributed by atoms with Crippen LogP contribution in [-0.4, -0.2) is 27.5 Å². The van der Waals surface area contributed by atoms with Crippen LogP contribution < -0.4 is 5.32 Å². The highest BCUT2D eigenvalue weighted by Gasteiger charge is 2.15. The zero-order chi connectivity index (χ0) is 18.4. The summed E-state index contributed by atoms with van der Waals surface area (Å²) in [4.78, 5) is 15.6. The second-order valence-corrected chi connectivity index (χ2v) is 8.35. The number of hydrogen-bond acceptors (Lipinski definition) is 6. The van der Waals surface area contributed by atoms with Gasteiger partial charge in [0, 0.05) is 23.7 Å². The topological polar surface area (TPSA) is 58.1 Å². The SMILES string of the molecule is C=CCN(Cc1ccc(Cl)s1)Cc1nnc(C(=O)Nc2ccccc2)s1. The Balaban J connectivity index is 1.63. The Bertz CT molecular complexity index is 878. The Morgan fingerprint density at radius 1 is 1.15 bits per heavy atom. The summed E-state index contributed by atoms with van der Waals surface area (Å²) >= 11 is 8.85. The fraction of sp³-hybridized carbons (Fsp3) is 0.167. The van der Waals surface area contributed by atoms with E-state index in [9.17, 15) is 4.79 Å². The van der Waals surface area contributed by atoms with E-state index < -0.39 is 0 Å². The van der Waals surface area contributed by atoms with Crippen molar-refractivity contribution in [2.45, 2.75) is 13.1 Å². The van der Waals surface area contributed by atoms with E-state index in [2.05, 4.69) is 27.0 Å². The maximum atomic E-state index is 12.3. The molecular formula is C18H17ClN4OS2. The number of carbonyl (C=O) groups excluding carboxylic acids is 1. The predicted molar refractivity (Wildman–Crippen MR) is 108 cm³/mol. The number of benzene rings is 1. The third-order valence-electron chi connectivity index (χ3n) is 3.45. The number of halogens is 1. The Morgan fingerprint density at radius 2 is 1.96 bits per heavy atom. The standard InChI is InChI=1S/C18H17ClN4OS2/c1-2-10-23(11-14-8-9-15(19)25-14)12-16-21-22-18(26-16)17(24)20-13-6-4-3-5-7-13/h2-9H,1,10-12H2,(H,20,24). The molecule has 0 bridgehead atoms. The van der Waals surface area contributed by atoms with Crippen LogP contribution >= 0.6 is 34.3 Å². The largest absolute Gasteiger partial charge is 0.320 e. The number of nitrogens with zero attached hydrogens (tertiary/aromatic N) is 3. The number of anilines is 1. The minimum Gasteiger partial charge on any atom is -0.320 e. The summed E-state index contributed by atoms with van der Waals surface area (Å²) in [5.74, 6) is -0.250. The molecule has 0 aliphatic carbocycles. The molecule has 0 aliphatic heterocycles. The van der Waals surface area contributed by atoms with Crippen LogP contribution in [0.5, 0.6) is 0 Å². The maximum absolute atomic E-state index is 12.3. The number of thiophene rings is 1. The average molecular weight is 405 g/mol. The molecule has 5 nitrogen and oxygen atoms in total. The van der Waals surface area contributed by atoms with Crippen molar-refractivity contribution in [3.8, 4) is 0 Å². The van der Waals surface area contributed by atoms with Crippen LogP contribution in [0.3, 0.4) is 0 Å². The van der Waals surface area contributed by atoms with Crippen molar-refractivity contribution in [2.75, 3.05) is 11.9 Å². The van der Waals surface area contributed by atoms with E-state index in [-0.39, 0.29) is 5.91 Å². The Kier molecular flexibility index (Phi) is 6.51. The second-order valence-electron chi connectivity index (χ2n) is 5.49. The maximum Gasteiger partial charge on any atom is 0.286 e. The summed E-state index contributed by atoms with van der Waals surface area (Å²) in [6, 6.07) is 13.2. The van der Waals surface area contributed by atoms with Gasteiger partial charge in [0.1, 0.15) is 5.01 Å². The average Bonchev–Trinajstić information content (AvgIpc) is 3.25. The first-order valence-electron chi connectivity index (χ1n) is 7.90. The number of rotatable bonds is 8. The van der Waals surface area contributed by atoms with Crippen LogP contribution in [0.4, 0.5) is 5.69 Å². The summed E-state index contributed by atoms with van der Waals surface area (Å²) in [7, 11) is 0. The van der Waals surface area contributed by atoms with Crippen molar-refractivity contribution >= 4 is 45.9 Å². The lowest BCUT2D eigenvalue weighted by molar-refractivity contribution is 0.102. The van der Waals surface area contributed by atoms with Crippen LogP contribution in [0.15, 0.2) is 55.1 Å². The highest BCUT2D eigenvalue weighted by molar-refractivity contribution is 7.16. The van der Waals surface area contributed by atoms with E-state index in [0.29, 0.717) is 18.1 Å². The van der Waals surface area contributed by atoms with Gasteiger partial charge >= 0.3 is 0 Å². The van der Waals surface area contributed by atoms with E-state index in [1.165, 1.54) is 16.2 Å². The van der Waals surface area contributed by atoms with E-state index in [0.717, 1.165) is 21.6 Å². The predicted octanol–water partition coefficient (Wildman–Crippen LogP) is 4.69. The minimum atomic E-state index is -0.250. The van der Waals surface area contributed by atoms with Gasteiger partial charge in [-0.15, -0.1) is 28.1 Å². The van der Waals surface area contributed by atoms with Gasteiger partial charge in [-0.1, -0.05) is 47.2 Å². The van der Waals surface area contributed by atoms with Crippen molar-refractivity contribution in [1.82, 2.24) is 15.1 Å². The van der Waals surface area contributed by atoms with Gasteiger partial charge in [-0.05, 0) is 24.3 Å². The molecule has 0 radical (unpaired) electrons. The van der Waals surface area contributed by atoms with Gasteiger partial charge in [-0.25, -0.2) is 0 Å². The third kappa shape index (κ3) is 5.22. The first-order valence-corrected chi connectivity index (χ1v) is 9.91. The smallest absolute Gasteiger partial charge is 0.286 e. The zero-order valence-corrected chi connectivity index (χ0v) is 16.3. The molecule has 0 aliphatic rings. The van der Waals surface area contributed by atoms with E-state index in [4.69, 9.17) is 11.6 Å².